The molecule has 0 bridgehead atoms. The first-order valence-corrected chi connectivity index (χ1v) is 6.74. The molecular weight excluding hydrogens is 242 g/mol. The van der Waals surface area contributed by atoms with Gasteiger partial charge in [0, 0.05) is 35.7 Å². The van der Waals surface area contributed by atoms with Crippen molar-refractivity contribution in [2.24, 2.45) is 0 Å². The van der Waals surface area contributed by atoms with Gasteiger partial charge in [-0.2, -0.15) is 0 Å². The van der Waals surface area contributed by atoms with Crippen molar-refractivity contribution >= 4 is 27.9 Å². The van der Waals surface area contributed by atoms with E-state index in [2.05, 4.69) is 34.7 Å². The monoisotopic (exact) mass is 257 g/mol. The van der Waals surface area contributed by atoms with Crippen LogP contribution in [0, 0.1) is 0 Å². The van der Waals surface area contributed by atoms with Crippen molar-refractivity contribution in [1.82, 2.24) is 14.7 Å². The van der Waals surface area contributed by atoms with Crippen molar-refractivity contribution in [2.75, 3.05) is 5.88 Å². The number of halogens is 1. The first-order valence-electron chi connectivity index (χ1n) is 5.33. The molecule has 5 heteroatoms. The molecule has 0 aliphatic carbocycles. The molecule has 0 amide bonds. The molecule has 0 spiro atoms. The standard InChI is InChI=1S/C11H16ClN3S/c1-11(2,3-4-12)13-7-9-8-15-5-6-16-10(15)14-9/h5-6,8,13H,3-4,7H2,1-2H3. The average molecular weight is 258 g/mol. The van der Waals surface area contributed by atoms with Gasteiger partial charge in [-0.1, -0.05) is 0 Å². The Morgan fingerprint density at radius 1 is 1.56 bits per heavy atom. The zero-order valence-electron chi connectivity index (χ0n) is 9.53. The maximum absolute atomic E-state index is 5.76. The molecule has 88 valence electrons. The molecule has 0 fully saturated rings. The largest absolute Gasteiger partial charge is 0.306 e. The fourth-order valence-corrected chi connectivity index (χ4v) is 2.71. The molecule has 2 rings (SSSR count). The van der Waals surface area contributed by atoms with Gasteiger partial charge in [0.15, 0.2) is 4.96 Å². The summed E-state index contributed by atoms with van der Waals surface area (Å²) in [5.74, 6) is 0.679. The zero-order valence-corrected chi connectivity index (χ0v) is 11.1. The van der Waals surface area contributed by atoms with Crippen molar-refractivity contribution < 1.29 is 0 Å². The summed E-state index contributed by atoms with van der Waals surface area (Å²) in [6, 6.07) is 0. The topological polar surface area (TPSA) is 29.3 Å². The van der Waals surface area contributed by atoms with Crippen LogP contribution in [0.2, 0.25) is 0 Å². The van der Waals surface area contributed by atoms with Crippen molar-refractivity contribution in [1.29, 1.82) is 0 Å². The highest BCUT2D eigenvalue weighted by Gasteiger charge is 2.16. The third-order valence-corrected chi connectivity index (χ3v) is 3.57. The summed E-state index contributed by atoms with van der Waals surface area (Å²) in [5, 5.41) is 5.51. The summed E-state index contributed by atoms with van der Waals surface area (Å²) in [7, 11) is 0. The van der Waals surface area contributed by atoms with Gasteiger partial charge in [-0.15, -0.1) is 22.9 Å². The minimum atomic E-state index is 0.0682. The highest BCUT2D eigenvalue weighted by molar-refractivity contribution is 7.15. The fraction of sp³-hybridized carbons (Fsp3) is 0.545. The van der Waals surface area contributed by atoms with Gasteiger partial charge in [0.25, 0.3) is 0 Å². The number of hydrogen-bond donors (Lipinski definition) is 1. The van der Waals surface area contributed by atoms with Crippen LogP contribution in [0.1, 0.15) is 26.0 Å². The lowest BCUT2D eigenvalue weighted by atomic mass is 10.0. The Bertz CT molecular complexity index is 432. The molecule has 1 N–H and O–H groups in total. The second kappa shape index (κ2) is 4.73. The van der Waals surface area contributed by atoms with Gasteiger partial charge in [0.1, 0.15) is 0 Å². The van der Waals surface area contributed by atoms with Crippen LogP contribution in [0.15, 0.2) is 17.8 Å². The second-order valence-corrected chi connectivity index (χ2v) is 5.75. The Kier molecular flexibility index (Phi) is 3.52. The Morgan fingerprint density at radius 2 is 2.38 bits per heavy atom. The predicted octanol–water partition coefficient (Wildman–Crippen LogP) is 2.89. The van der Waals surface area contributed by atoms with Crippen LogP contribution < -0.4 is 5.32 Å². The maximum atomic E-state index is 5.76. The van der Waals surface area contributed by atoms with E-state index in [9.17, 15) is 0 Å². The van der Waals surface area contributed by atoms with Gasteiger partial charge >= 0.3 is 0 Å². The minimum absolute atomic E-state index is 0.0682. The van der Waals surface area contributed by atoms with Crippen LogP contribution in [0.5, 0.6) is 0 Å². The summed E-state index contributed by atoms with van der Waals surface area (Å²) in [4.78, 5) is 5.57. The van der Waals surface area contributed by atoms with Crippen LogP contribution >= 0.6 is 22.9 Å². The number of alkyl halides is 1. The molecule has 2 heterocycles. The molecule has 2 aromatic heterocycles. The lowest BCUT2D eigenvalue weighted by Crippen LogP contribution is -2.39. The molecule has 0 aliphatic rings. The molecule has 2 aromatic rings. The second-order valence-electron chi connectivity index (χ2n) is 4.50. The molecule has 0 saturated heterocycles. The lowest BCUT2D eigenvalue weighted by Gasteiger charge is -2.24. The molecule has 0 saturated carbocycles. The van der Waals surface area contributed by atoms with E-state index in [1.54, 1.807) is 11.3 Å². The summed E-state index contributed by atoms with van der Waals surface area (Å²) in [5.41, 5.74) is 1.15. The lowest BCUT2D eigenvalue weighted by molar-refractivity contribution is 0.374. The highest BCUT2D eigenvalue weighted by atomic mass is 35.5. The van der Waals surface area contributed by atoms with E-state index in [-0.39, 0.29) is 5.54 Å². The maximum Gasteiger partial charge on any atom is 0.193 e. The van der Waals surface area contributed by atoms with Crippen LogP contribution in [0.25, 0.3) is 4.96 Å². The molecule has 3 nitrogen and oxygen atoms in total. The number of rotatable bonds is 5. The summed E-state index contributed by atoms with van der Waals surface area (Å²) >= 11 is 7.41. The third-order valence-electron chi connectivity index (χ3n) is 2.61. The van der Waals surface area contributed by atoms with Crippen molar-refractivity contribution in [2.45, 2.75) is 32.4 Å². The molecule has 16 heavy (non-hydrogen) atoms. The van der Waals surface area contributed by atoms with Crippen molar-refractivity contribution in [3.63, 3.8) is 0 Å². The van der Waals surface area contributed by atoms with E-state index in [0.717, 1.165) is 23.6 Å². The first kappa shape index (κ1) is 11.9. The molecule has 0 radical (unpaired) electrons. The Balaban J connectivity index is 1.97. The molecular formula is C11H16ClN3S. The number of thiazole rings is 1. The smallest absolute Gasteiger partial charge is 0.193 e. The number of imidazole rings is 1. The van der Waals surface area contributed by atoms with Crippen LogP contribution in [0.3, 0.4) is 0 Å². The van der Waals surface area contributed by atoms with Crippen LogP contribution in [0.4, 0.5) is 0 Å². The Hall–Kier alpha value is -0.580. The van der Waals surface area contributed by atoms with Gasteiger partial charge in [-0.25, -0.2) is 4.98 Å². The van der Waals surface area contributed by atoms with E-state index in [1.807, 2.05) is 11.6 Å². The number of hydrogen-bond acceptors (Lipinski definition) is 3. The Morgan fingerprint density at radius 3 is 3.06 bits per heavy atom. The summed E-state index contributed by atoms with van der Waals surface area (Å²) < 4.78 is 2.05. The SMILES string of the molecule is CC(C)(CCCl)NCc1cn2ccsc2n1. The van der Waals surface area contributed by atoms with E-state index in [1.165, 1.54) is 0 Å². The Labute approximate surface area is 104 Å². The van der Waals surface area contributed by atoms with E-state index in [4.69, 9.17) is 11.6 Å². The average Bonchev–Trinajstić information content (AvgIpc) is 2.73. The van der Waals surface area contributed by atoms with E-state index < -0.39 is 0 Å². The predicted molar refractivity (Wildman–Crippen MR) is 69.3 cm³/mol. The highest BCUT2D eigenvalue weighted by Crippen LogP contribution is 2.13. The number of fused-ring (bicyclic) bond motifs is 1. The van der Waals surface area contributed by atoms with Gasteiger partial charge in [-0.3, -0.25) is 4.40 Å². The van der Waals surface area contributed by atoms with Crippen LogP contribution in [-0.4, -0.2) is 20.8 Å². The summed E-state index contributed by atoms with van der Waals surface area (Å²) in [6.07, 6.45) is 5.05. The van der Waals surface area contributed by atoms with Crippen LogP contribution in [-0.2, 0) is 6.54 Å². The number of aromatic nitrogens is 2. The van der Waals surface area contributed by atoms with Gasteiger partial charge < -0.3 is 5.32 Å². The quantitative estimate of drug-likeness (QED) is 0.835. The molecule has 0 unspecified atom stereocenters. The minimum Gasteiger partial charge on any atom is -0.306 e. The zero-order chi connectivity index (χ0) is 11.6. The number of nitrogens with one attached hydrogen (secondary N) is 1. The van der Waals surface area contributed by atoms with E-state index >= 15 is 0 Å². The van der Waals surface area contributed by atoms with Gasteiger partial charge in [0.05, 0.1) is 5.69 Å². The molecule has 0 aliphatic heterocycles. The molecule has 0 aromatic carbocycles. The van der Waals surface area contributed by atoms with Gasteiger partial charge in [-0.05, 0) is 20.3 Å². The van der Waals surface area contributed by atoms with Crippen molar-refractivity contribution in [3.8, 4) is 0 Å². The molecule has 0 atom stereocenters. The van der Waals surface area contributed by atoms with Gasteiger partial charge in [0.2, 0.25) is 0 Å². The van der Waals surface area contributed by atoms with E-state index in [0.29, 0.717) is 5.88 Å². The number of nitrogens with zero attached hydrogens (tertiary/aromatic N) is 2. The fourth-order valence-electron chi connectivity index (χ4n) is 1.52. The normalized spacial score (nSPS) is 12.4. The summed E-state index contributed by atoms with van der Waals surface area (Å²) in [6.45, 7) is 5.11. The van der Waals surface area contributed by atoms with Crippen molar-refractivity contribution in [3.05, 3.63) is 23.5 Å². The third kappa shape index (κ3) is 2.75. The first-order chi connectivity index (χ1) is 7.61.